The van der Waals surface area contributed by atoms with Gasteiger partial charge in [0.2, 0.25) is 0 Å². The van der Waals surface area contributed by atoms with Gasteiger partial charge in [0.15, 0.2) is 0 Å². The average Bonchev–Trinajstić information content (AvgIpc) is 2.90. The van der Waals surface area contributed by atoms with Crippen molar-refractivity contribution in [3.8, 4) is 11.5 Å². The Labute approximate surface area is 146 Å². The monoisotopic (exact) mass is 340 g/mol. The molecule has 130 valence electrons. The molecular formula is C19H20N2O4. The molecule has 1 fully saturated rings. The van der Waals surface area contributed by atoms with Crippen molar-refractivity contribution >= 4 is 11.9 Å². The van der Waals surface area contributed by atoms with Crippen molar-refractivity contribution in [2.75, 3.05) is 20.3 Å². The van der Waals surface area contributed by atoms with E-state index in [2.05, 4.69) is 5.32 Å². The van der Waals surface area contributed by atoms with Crippen molar-refractivity contribution in [3.63, 3.8) is 0 Å². The molecule has 2 aromatic carbocycles. The molecule has 1 heterocycles. The maximum Gasteiger partial charge on any atom is 0.324 e. The van der Waals surface area contributed by atoms with Crippen LogP contribution in [0.25, 0.3) is 0 Å². The maximum absolute atomic E-state index is 12.4. The van der Waals surface area contributed by atoms with Crippen LogP contribution in [0.1, 0.15) is 5.56 Å². The Bertz CT molecular complexity index is 731. The first-order valence-electron chi connectivity index (χ1n) is 8.10. The third kappa shape index (κ3) is 4.09. The standard InChI is InChI=1S/C19H20N2O4/c1-24-15-7-9-16(10-8-15)25-12-11-21-18(22)17(20-19(21)23)13-14-5-3-2-4-6-14/h2-10,17H,11-13H2,1H3,(H,20,23)/t17-/m0/s1. The lowest BCUT2D eigenvalue weighted by Crippen LogP contribution is -2.35. The summed E-state index contributed by atoms with van der Waals surface area (Å²) in [4.78, 5) is 25.7. The Hall–Kier alpha value is -3.02. The minimum Gasteiger partial charge on any atom is -0.497 e. The fourth-order valence-electron chi connectivity index (χ4n) is 2.70. The predicted molar refractivity (Wildman–Crippen MR) is 92.7 cm³/mol. The van der Waals surface area contributed by atoms with E-state index in [1.54, 1.807) is 31.4 Å². The van der Waals surface area contributed by atoms with E-state index < -0.39 is 6.04 Å². The van der Waals surface area contributed by atoms with Crippen LogP contribution in [0.3, 0.4) is 0 Å². The highest BCUT2D eigenvalue weighted by Crippen LogP contribution is 2.17. The Balaban J connectivity index is 1.52. The van der Waals surface area contributed by atoms with Crippen molar-refractivity contribution in [2.45, 2.75) is 12.5 Å². The molecule has 0 unspecified atom stereocenters. The number of ether oxygens (including phenoxy) is 2. The van der Waals surface area contributed by atoms with Gasteiger partial charge in [-0.05, 0) is 29.8 Å². The molecule has 0 saturated carbocycles. The number of urea groups is 1. The Kier molecular flexibility index (Phi) is 5.18. The van der Waals surface area contributed by atoms with Gasteiger partial charge in [-0.1, -0.05) is 30.3 Å². The molecule has 6 heteroatoms. The van der Waals surface area contributed by atoms with E-state index in [0.717, 1.165) is 11.3 Å². The second kappa shape index (κ2) is 7.70. The number of hydrogen-bond acceptors (Lipinski definition) is 4. The number of rotatable bonds is 7. The molecule has 3 rings (SSSR count). The van der Waals surface area contributed by atoms with Crippen molar-refractivity contribution in [2.24, 2.45) is 0 Å². The van der Waals surface area contributed by atoms with Gasteiger partial charge in [-0.2, -0.15) is 0 Å². The molecule has 1 N–H and O–H groups in total. The zero-order valence-corrected chi connectivity index (χ0v) is 14.0. The van der Waals surface area contributed by atoms with Crippen molar-refractivity contribution in [1.29, 1.82) is 0 Å². The molecule has 3 amide bonds. The summed E-state index contributed by atoms with van der Waals surface area (Å²) in [6, 6.07) is 15.9. The van der Waals surface area contributed by atoms with Gasteiger partial charge in [-0.15, -0.1) is 0 Å². The molecule has 0 spiro atoms. The fourth-order valence-corrected chi connectivity index (χ4v) is 2.70. The first kappa shape index (κ1) is 16.8. The summed E-state index contributed by atoms with van der Waals surface area (Å²) in [7, 11) is 1.60. The number of hydrogen-bond donors (Lipinski definition) is 1. The number of amides is 3. The van der Waals surface area contributed by atoms with Crippen molar-refractivity contribution < 1.29 is 19.1 Å². The van der Waals surface area contributed by atoms with Crippen LogP contribution in [-0.4, -0.2) is 43.1 Å². The number of nitrogens with zero attached hydrogens (tertiary/aromatic N) is 1. The zero-order valence-electron chi connectivity index (χ0n) is 14.0. The summed E-state index contributed by atoms with van der Waals surface area (Å²) >= 11 is 0. The summed E-state index contributed by atoms with van der Waals surface area (Å²) in [6.45, 7) is 0.450. The van der Waals surface area contributed by atoms with Gasteiger partial charge in [-0.3, -0.25) is 9.69 Å². The molecule has 0 aromatic heterocycles. The molecule has 1 aliphatic rings. The van der Waals surface area contributed by atoms with Gasteiger partial charge in [0.1, 0.15) is 24.1 Å². The molecule has 0 aliphatic carbocycles. The summed E-state index contributed by atoms with van der Waals surface area (Å²) in [5.74, 6) is 1.19. The van der Waals surface area contributed by atoms with Crippen LogP contribution in [0.4, 0.5) is 4.79 Å². The number of benzene rings is 2. The van der Waals surface area contributed by atoms with E-state index in [0.29, 0.717) is 12.2 Å². The van der Waals surface area contributed by atoms with Gasteiger partial charge >= 0.3 is 6.03 Å². The van der Waals surface area contributed by atoms with Gasteiger partial charge < -0.3 is 14.8 Å². The smallest absolute Gasteiger partial charge is 0.324 e. The number of methoxy groups -OCH3 is 1. The van der Waals surface area contributed by atoms with E-state index in [1.807, 2.05) is 30.3 Å². The Morgan fingerprint density at radius 2 is 1.68 bits per heavy atom. The van der Waals surface area contributed by atoms with Crippen LogP contribution in [0.15, 0.2) is 54.6 Å². The van der Waals surface area contributed by atoms with E-state index >= 15 is 0 Å². The molecule has 2 aromatic rings. The highest BCUT2D eigenvalue weighted by atomic mass is 16.5. The molecule has 25 heavy (non-hydrogen) atoms. The van der Waals surface area contributed by atoms with Crippen LogP contribution >= 0.6 is 0 Å². The number of imide groups is 1. The van der Waals surface area contributed by atoms with Crippen molar-refractivity contribution in [1.82, 2.24) is 10.2 Å². The van der Waals surface area contributed by atoms with Crippen LogP contribution in [0.5, 0.6) is 11.5 Å². The molecule has 0 radical (unpaired) electrons. The summed E-state index contributed by atoms with van der Waals surface area (Å²) in [6.07, 6.45) is 0.487. The van der Waals surface area contributed by atoms with Crippen LogP contribution in [0.2, 0.25) is 0 Å². The van der Waals surface area contributed by atoms with Gasteiger partial charge in [-0.25, -0.2) is 4.79 Å². The Morgan fingerprint density at radius 3 is 2.36 bits per heavy atom. The normalized spacial score (nSPS) is 16.7. The van der Waals surface area contributed by atoms with Gasteiger partial charge in [0.05, 0.1) is 13.7 Å². The summed E-state index contributed by atoms with van der Waals surface area (Å²) < 4.78 is 10.7. The fraction of sp³-hybridized carbons (Fsp3) is 0.263. The van der Waals surface area contributed by atoms with Crippen LogP contribution < -0.4 is 14.8 Å². The zero-order chi connectivity index (χ0) is 17.6. The summed E-state index contributed by atoms with van der Waals surface area (Å²) in [5, 5.41) is 2.73. The minimum atomic E-state index is -0.518. The average molecular weight is 340 g/mol. The largest absolute Gasteiger partial charge is 0.497 e. The first-order valence-corrected chi connectivity index (χ1v) is 8.10. The number of nitrogens with one attached hydrogen (secondary N) is 1. The van der Waals surface area contributed by atoms with Gasteiger partial charge in [0, 0.05) is 6.42 Å². The molecule has 1 atom stereocenters. The van der Waals surface area contributed by atoms with E-state index in [-0.39, 0.29) is 25.1 Å². The minimum absolute atomic E-state index is 0.210. The van der Waals surface area contributed by atoms with E-state index in [1.165, 1.54) is 4.90 Å². The lowest BCUT2D eigenvalue weighted by molar-refractivity contribution is -0.127. The van der Waals surface area contributed by atoms with E-state index in [9.17, 15) is 9.59 Å². The highest BCUT2D eigenvalue weighted by Gasteiger charge is 2.37. The molecule has 1 saturated heterocycles. The quantitative estimate of drug-likeness (QED) is 0.785. The Morgan fingerprint density at radius 1 is 1.00 bits per heavy atom. The van der Waals surface area contributed by atoms with Crippen LogP contribution in [0, 0.1) is 0 Å². The van der Waals surface area contributed by atoms with Crippen molar-refractivity contribution in [3.05, 3.63) is 60.2 Å². The van der Waals surface area contributed by atoms with Gasteiger partial charge in [0.25, 0.3) is 5.91 Å². The number of carbonyl (C=O) groups excluding carboxylic acids is 2. The third-order valence-corrected chi connectivity index (χ3v) is 4.03. The lowest BCUT2D eigenvalue weighted by Gasteiger charge is -2.14. The molecule has 1 aliphatic heterocycles. The molecule has 0 bridgehead atoms. The SMILES string of the molecule is COc1ccc(OCCN2C(=O)N[C@@H](Cc3ccccc3)C2=O)cc1. The molecule has 6 nitrogen and oxygen atoms in total. The third-order valence-electron chi connectivity index (χ3n) is 4.03. The first-order chi connectivity index (χ1) is 12.2. The van der Waals surface area contributed by atoms with Crippen LogP contribution in [-0.2, 0) is 11.2 Å². The second-order valence-electron chi connectivity index (χ2n) is 5.71. The maximum atomic E-state index is 12.4. The van der Waals surface area contributed by atoms with E-state index in [4.69, 9.17) is 9.47 Å². The molecular weight excluding hydrogens is 320 g/mol. The predicted octanol–water partition coefficient (Wildman–Crippen LogP) is 2.24. The summed E-state index contributed by atoms with van der Waals surface area (Å²) in [5.41, 5.74) is 1.01. The highest BCUT2D eigenvalue weighted by molar-refractivity contribution is 6.04. The lowest BCUT2D eigenvalue weighted by atomic mass is 10.1. The number of carbonyl (C=O) groups is 2. The topological polar surface area (TPSA) is 67.9 Å². The second-order valence-corrected chi connectivity index (χ2v) is 5.71.